The van der Waals surface area contributed by atoms with Gasteiger partial charge in [-0.25, -0.2) is 0 Å². The lowest BCUT2D eigenvalue weighted by atomic mass is 10.0. The van der Waals surface area contributed by atoms with Crippen LogP contribution in [-0.4, -0.2) is 15.6 Å². The summed E-state index contributed by atoms with van der Waals surface area (Å²) in [6.45, 7) is 2.75. The van der Waals surface area contributed by atoms with Gasteiger partial charge in [0.25, 0.3) is 0 Å². The van der Waals surface area contributed by atoms with Gasteiger partial charge in [-0.3, -0.25) is 10.1 Å². The molecule has 4 nitrogen and oxygen atoms in total. The summed E-state index contributed by atoms with van der Waals surface area (Å²) >= 11 is 0. The average molecular weight is 264 g/mol. The molecule has 3 N–H and O–H groups in total. The highest BCUT2D eigenvalue weighted by atomic mass is 15.3. The van der Waals surface area contributed by atoms with E-state index in [-0.39, 0.29) is 5.84 Å². The van der Waals surface area contributed by atoms with E-state index in [4.69, 9.17) is 11.1 Å². The van der Waals surface area contributed by atoms with Crippen molar-refractivity contribution in [3.05, 3.63) is 65.4 Å². The summed E-state index contributed by atoms with van der Waals surface area (Å²) in [5.74, 6) is 0.101. The number of hydrogen-bond acceptors (Lipinski definition) is 2. The molecule has 3 rings (SSSR count). The maximum absolute atomic E-state index is 7.47. The highest BCUT2D eigenvalue weighted by Gasteiger charge is 2.06. The Labute approximate surface area is 117 Å². The molecule has 0 unspecified atom stereocenters. The topological polar surface area (TPSA) is 67.7 Å². The van der Waals surface area contributed by atoms with Crippen molar-refractivity contribution in [3.63, 3.8) is 0 Å². The zero-order chi connectivity index (χ0) is 14.1. The predicted octanol–water partition coefficient (Wildman–Crippen LogP) is 2.68. The Bertz CT molecular complexity index is 786. The molecule has 0 aliphatic carbocycles. The lowest BCUT2D eigenvalue weighted by Gasteiger charge is -2.09. The standard InChI is InChI=1S/C16H16N4/c1-11-8-12(16(17)18)6-7-14(11)10-20-15-5-3-2-4-13(15)9-19-20/h2-9H,10H2,1H3,(H3,17,18). The summed E-state index contributed by atoms with van der Waals surface area (Å²) < 4.78 is 1.99. The van der Waals surface area contributed by atoms with E-state index in [9.17, 15) is 0 Å². The molecule has 0 fully saturated rings. The average Bonchev–Trinajstić information content (AvgIpc) is 2.84. The minimum absolute atomic E-state index is 0.101. The van der Waals surface area contributed by atoms with Gasteiger partial charge in [-0.2, -0.15) is 5.10 Å². The van der Waals surface area contributed by atoms with Crippen molar-refractivity contribution in [1.82, 2.24) is 9.78 Å². The molecule has 0 saturated heterocycles. The van der Waals surface area contributed by atoms with E-state index in [0.29, 0.717) is 0 Å². The van der Waals surface area contributed by atoms with Crippen molar-refractivity contribution >= 4 is 16.7 Å². The smallest absolute Gasteiger partial charge is 0.122 e. The zero-order valence-electron chi connectivity index (χ0n) is 11.3. The molecule has 0 aliphatic rings. The first-order valence-electron chi connectivity index (χ1n) is 6.49. The SMILES string of the molecule is Cc1cc(C(=N)N)ccc1Cn1ncc2ccccc21. The number of rotatable bonds is 3. The van der Waals surface area contributed by atoms with E-state index in [1.807, 2.05) is 48.1 Å². The molecule has 0 aliphatic heterocycles. The van der Waals surface area contributed by atoms with E-state index >= 15 is 0 Å². The fourth-order valence-electron chi connectivity index (χ4n) is 2.35. The Morgan fingerprint density at radius 2 is 2.05 bits per heavy atom. The molecule has 100 valence electrons. The first kappa shape index (κ1) is 12.4. The maximum Gasteiger partial charge on any atom is 0.122 e. The number of nitrogens with two attached hydrogens (primary N) is 1. The van der Waals surface area contributed by atoms with E-state index in [2.05, 4.69) is 17.2 Å². The van der Waals surface area contributed by atoms with E-state index in [0.717, 1.165) is 28.6 Å². The number of aromatic nitrogens is 2. The number of nitrogens with one attached hydrogen (secondary N) is 1. The Hall–Kier alpha value is -2.62. The number of nitrogen functional groups attached to an aromatic ring is 1. The van der Waals surface area contributed by atoms with Crippen LogP contribution in [0.5, 0.6) is 0 Å². The summed E-state index contributed by atoms with van der Waals surface area (Å²) in [6.07, 6.45) is 1.88. The fraction of sp³-hybridized carbons (Fsp3) is 0.125. The number of hydrogen-bond donors (Lipinski definition) is 2. The lowest BCUT2D eigenvalue weighted by molar-refractivity contribution is 0.709. The van der Waals surface area contributed by atoms with Gasteiger partial charge in [0.05, 0.1) is 18.3 Å². The highest BCUT2D eigenvalue weighted by Crippen LogP contribution is 2.17. The van der Waals surface area contributed by atoms with Crippen LogP contribution in [0.25, 0.3) is 10.9 Å². The van der Waals surface area contributed by atoms with Gasteiger partial charge in [-0.15, -0.1) is 0 Å². The monoisotopic (exact) mass is 264 g/mol. The fourth-order valence-corrected chi connectivity index (χ4v) is 2.35. The quantitative estimate of drug-likeness (QED) is 0.564. The highest BCUT2D eigenvalue weighted by molar-refractivity contribution is 5.95. The Kier molecular flexibility index (Phi) is 2.99. The first-order chi connectivity index (χ1) is 9.65. The van der Waals surface area contributed by atoms with Crippen LogP contribution in [0.4, 0.5) is 0 Å². The summed E-state index contributed by atoms with van der Waals surface area (Å²) in [6, 6.07) is 14.0. The number of benzene rings is 2. The normalized spacial score (nSPS) is 10.8. The van der Waals surface area contributed by atoms with Gasteiger partial charge < -0.3 is 5.73 Å². The van der Waals surface area contributed by atoms with Crippen LogP contribution in [0.2, 0.25) is 0 Å². The van der Waals surface area contributed by atoms with Crippen LogP contribution in [-0.2, 0) is 6.54 Å². The molecule has 0 spiro atoms. The zero-order valence-corrected chi connectivity index (χ0v) is 11.3. The van der Waals surface area contributed by atoms with Crippen molar-refractivity contribution in [2.75, 3.05) is 0 Å². The molecule has 3 aromatic rings. The molecule has 1 aromatic heterocycles. The Balaban J connectivity index is 1.97. The minimum Gasteiger partial charge on any atom is -0.384 e. The van der Waals surface area contributed by atoms with Crippen molar-refractivity contribution < 1.29 is 0 Å². The van der Waals surface area contributed by atoms with Gasteiger partial charge in [-0.05, 0) is 30.2 Å². The number of aryl methyl sites for hydroxylation is 1. The number of para-hydroxylation sites is 1. The van der Waals surface area contributed by atoms with Crippen LogP contribution in [0.15, 0.2) is 48.7 Å². The van der Waals surface area contributed by atoms with Gasteiger partial charge in [0.1, 0.15) is 5.84 Å². The van der Waals surface area contributed by atoms with Crippen LogP contribution >= 0.6 is 0 Å². The van der Waals surface area contributed by atoms with Crippen molar-refractivity contribution in [2.24, 2.45) is 5.73 Å². The van der Waals surface area contributed by atoms with Crippen molar-refractivity contribution in [1.29, 1.82) is 5.41 Å². The summed E-state index contributed by atoms with van der Waals surface area (Å²) in [7, 11) is 0. The van der Waals surface area contributed by atoms with Crippen LogP contribution in [0.3, 0.4) is 0 Å². The van der Waals surface area contributed by atoms with Crippen molar-refractivity contribution in [2.45, 2.75) is 13.5 Å². The number of fused-ring (bicyclic) bond motifs is 1. The molecule has 0 bridgehead atoms. The van der Waals surface area contributed by atoms with E-state index in [1.54, 1.807) is 0 Å². The largest absolute Gasteiger partial charge is 0.384 e. The van der Waals surface area contributed by atoms with Crippen molar-refractivity contribution in [3.8, 4) is 0 Å². The number of amidine groups is 1. The molecule has 2 aromatic carbocycles. The number of nitrogens with zero attached hydrogens (tertiary/aromatic N) is 2. The molecule has 1 heterocycles. The van der Waals surface area contributed by atoms with Gasteiger partial charge in [0, 0.05) is 10.9 Å². The molecule has 4 heteroatoms. The second kappa shape index (κ2) is 4.81. The molecule has 0 amide bonds. The second-order valence-electron chi connectivity index (χ2n) is 4.92. The summed E-state index contributed by atoms with van der Waals surface area (Å²) in [5, 5.41) is 13.0. The lowest BCUT2D eigenvalue weighted by Crippen LogP contribution is -2.12. The van der Waals surface area contributed by atoms with Crippen LogP contribution < -0.4 is 5.73 Å². The van der Waals surface area contributed by atoms with Gasteiger partial charge in [0.2, 0.25) is 0 Å². The van der Waals surface area contributed by atoms with E-state index < -0.39 is 0 Å². The summed E-state index contributed by atoms with van der Waals surface area (Å²) in [4.78, 5) is 0. The molecule has 0 saturated carbocycles. The second-order valence-corrected chi connectivity index (χ2v) is 4.92. The van der Waals surface area contributed by atoms with Crippen LogP contribution in [0, 0.1) is 12.3 Å². The van der Waals surface area contributed by atoms with Crippen LogP contribution in [0.1, 0.15) is 16.7 Å². The van der Waals surface area contributed by atoms with Gasteiger partial charge >= 0.3 is 0 Å². The Morgan fingerprint density at radius 3 is 2.80 bits per heavy atom. The third kappa shape index (κ3) is 2.16. The van der Waals surface area contributed by atoms with Gasteiger partial charge in [-0.1, -0.05) is 30.3 Å². The van der Waals surface area contributed by atoms with Gasteiger partial charge in [0.15, 0.2) is 0 Å². The molecule has 0 atom stereocenters. The molecule has 0 radical (unpaired) electrons. The maximum atomic E-state index is 7.47. The Morgan fingerprint density at radius 1 is 1.25 bits per heavy atom. The first-order valence-corrected chi connectivity index (χ1v) is 6.49. The molecular weight excluding hydrogens is 248 g/mol. The third-order valence-electron chi connectivity index (χ3n) is 3.52. The summed E-state index contributed by atoms with van der Waals surface area (Å²) in [5.41, 5.74) is 9.70. The van der Waals surface area contributed by atoms with E-state index in [1.165, 1.54) is 5.56 Å². The molecule has 20 heavy (non-hydrogen) atoms. The predicted molar refractivity (Wildman–Crippen MR) is 81.0 cm³/mol. The molecular formula is C16H16N4. The minimum atomic E-state index is 0.101. The third-order valence-corrected chi connectivity index (χ3v) is 3.52.